The number of aromatic nitrogens is 2. The summed E-state index contributed by atoms with van der Waals surface area (Å²) in [5.41, 5.74) is 2.08. The van der Waals surface area contributed by atoms with Crippen molar-refractivity contribution in [3.05, 3.63) is 47.2 Å². The van der Waals surface area contributed by atoms with E-state index in [2.05, 4.69) is 57.4 Å². The van der Waals surface area contributed by atoms with Gasteiger partial charge in [0.05, 0.1) is 16.8 Å². The van der Waals surface area contributed by atoms with Crippen LogP contribution in [0.1, 0.15) is 75.5 Å². The van der Waals surface area contributed by atoms with Crippen molar-refractivity contribution in [2.24, 2.45) is 0 Å². The van der Waals surface area contributed by atoms with Gasteiger partial charge in [-0.1, -0.05) is 44.2 Å². The highest BCUT2D eigenvalue weighted by Crippen LogP contribution is 2.36. The molecule has 0 saturated heterocycles. The first-order chi connectivity index (χ1) is 12.7. The topological polar surface area (TPSA) is 59.0 Å². The molecule has 0 fully saturated rings. The van der Waals surface area contributed by atoms with Gasteiger partial charge < -0.3 is 10.6 Å². The fourth-order valence-electron chi connectivity index (χ4n) is 4.43. The smallest absolute Gasteiger partial charge is 0.257 e. The summed E-state index contributed by atoms with van der Waals surface area (Å²) in [4.78, 5) is 13.4. The number of benzene rings is 1. The summed E-state index contributed by atoms with van der Waals surface area (Å²) >= 11 is 0. The third kappa shape index (κ3) is 3.35. The van der Waals surface area contributed by atoms with Crippen molar-refractivity contribution < 1.29 is 4.79 Å². The van der Waals surface area contributed by atoms with Crippen LogP contribution in [0.5, 0.6) is 0 Å². The number of carbonyl (C=O) groups excluding carboxylic acids is 1. The first kappa shape index (κ1) is 19.5. The van der Waals surface area contributed by atoms with Crippen LogP contribution in [-0.2, 0) is 11.1 Å². The lowest BCUT2D eigenvalue weighted by Crippen LogP contribution is -2.46. The predicted molar refractivity (Wildman–Crippen MR) is 110 cm³/mol. The van der Waals surface area contributed by atoms with Crippen molar-refractivity contribution in [2.75, 3.05) is 5.32 Å². The molecule has 1 atom stereocenters. The minimum atomic E-state index is -0.380. The van der Waals surface area contributed by atoms with Crippen LogP contribution in [0, 0.1) is 6.92 Å². The number of hydrogen-bond acceptors (Lipinski definition) is 3. The van der Waals surface area contributed by atoms with Gasteiger partial charge in [0, 0.05) is 6.04 Å². The Labute approximate surface area is 162 Å². The van der Waals surface area contributed by atoms with E-state index in [0.717, 1.165) is 36.3 Å². The van der Waals surface area contributed by atoms with Gasteiger partial charge in [0.2, 0.25) is 0 Å². The molecule has 1 aliphatic rings. The molecule has 1 amide bonds. The van der Waals surface area contributed by atoms with Crippen molar-refractivity contribution in [3.8, 4) is 0 Å². The van der Waals surface area contributed by atoms with Crippen molar-refractivity contribution in [3.63, 3.8) is 0 Å². The molecule has 0 unspecified atom stereocenters. The van der Waals surface area contributed by atoms with E-state index < -0.39 is 0 Å². The molecule has 0 saturated carbocycles. The average Bonchev–Trinajstić information content (AvgIpc) is 2.97. The van der Waals surface area contributed by atoms with Crippen LogP contribution >= 0.6 is 0 Å². The van der Waals surface area contributed by atoms with Crippen molar-refractivity contribution in [1.82, 2.24) is 15.1 Å². The second-order valence-electron chi connectivity index (χ2n) is 8.39. The predicted octanol–water partition coefficient (Wildman–Crippen LogP) is 4.58. The molecule has 1 aliphatic heterocycles. The molecule has 0 radical (unpaired) electrons. The average molecular weight is 369 g/mol. The van der Waals surface area contributed by atoms with E-state index in [1.165, 1.54) is 0 Å². The first-order valence-corrected chi connectivity index (χ1v) is 9.98. The van der Waals surface area contributed by atoms with Crippen molar-refractivity contribution >= 4 is 11.7 Å². The summed E-state index contributed by atoms with van der Waals surface area (Å²) in [6.07, 6.45) is 2.63. The van der Waals surface area contributed by atoms with E-state index in [4.69, 9.17) is 5.10 Å². The van der Waals surface area contributed by atoms with Gasteiger partial charge in [-0.15, -0.1) is 0 Å². The zero-order valence-corrected chi connectivity index (χ0v) is 17.4. The Hall–Kier alpha value is -2.30. The summed E-state index contributed by atoms with van der Waals surface area (Å²) in [5, 5.41) is 11.5. The third-order valence-electron chi connectivity index (χ3n) is 5.94. The standard InChI is InChI=1S/C22H32N4O/c1-7-22(8-2,17-12-10-9-11-13-17)24-20(27)18-16(4)25-26-19(18)23-15(3)14-21(26,5)6/h9-13,15,23H,7-8,14H2,1-6H3,(H,24,27)/t15-/m0/s1. The Morgan fingerprint density at radius 3 is 2.52 bits per heavy atom. The molecule has 0 aliphatic carbocycles. The second kappa shape index (κ2) is 7.02. The highest BCUT2D eigenvalue weighted by atomic mass is 16.2. The summed E-state index contributed by atoms with van der Waals surface area (Å²) in [6.45, 7) is 12.7. The lowest BCUT2D eigenvalue weighted by Gasteiger charge is -2.37. The monoisotopic (exact) mass is 368 g/mol. The number of nitrogens with one attached hydrogen (secondary N) is 2. The summed E-state index contributed by atoms with van der Waals surface area (Å²) in [7, 11) is 0. The van der Waals surface area contributed by atoms with Crippen molar-refractivity contribution in [2.45, 2.75) is 77.9 Å². The molecule has 5 heteroatoms. The lowest BCUT2D eigenvalue weighted by atomic mass is 9.84. The Kier molecular flexibility index (Phi) is 5.06. The minimum absolute atomic E-state index is 0.0568. The highest BCUT2D eigenvalue weighted by Gasteiger charge is 2.38. The second-order valence-corrected chi connectivity index (χ2v) is 8.39. The summed E-state index contributed by atoms with van der Waals surface area (Å²) in [6, 6.07) is 10.5. The summed E-state index contributed by atoms with van der Waals surface area (Å²) < 4.78 is 1.99. The fourth-order valence-corrected chi connectivity index (χ4v) is 4.43. The van der Waals surface area contributed by atoms with Gasteiger partial charge in [0.15, 0.2) is 0 Å². The molecule has 2 aromatic rings. The lowest BCUT2D eigenvalue weighted by molar-refractivity contribution is 0.0889. The van der Waals surface area contributed by atoms with Crippen molar-refractivity contribution in [1.29, 1.82) is 0 Å². The maximum absolute atomic E-state index is 13.4. The molecule has 0 spiro atoms. The van der Waals surface area contributed by atoms with E-state index in [0.29, 0.717) is 11.6 Å². The van der Waals surface area contributed by atoms with E-state index in [1.807, 2.05) is 29.8 Å². The van der Waals surface area contributed by atoms with E-state index in [1.54, 1.807) is 0 Å². The molecule has 1 aromatic carbocycles. The van der Waals surface area contributed by atoms with Crippen LogP contribution < -0.4 is 10.6 Å². The maximum Gasteiger partial charge on any atom is 0.257 e. The molecule has 0 bridgehead atoms. The van der Waals surface area contributed by atoms with Crippen LogP contribution in [0.4, 0.5) is 5.82 Å². The normalized spacial score (nSPS) is 18.5. The van der Waals surface area contributed by atoms with Crippen LogP contribution in [0.3, 0.4) is 0 Å². The number of rotatable bonds is 5. The van der Waals surface area contributed by atoms with Gasteiger partial charge in [-0.25, -0.2) is 4.68 Å². The molecule has 2 N–H and O–H groups in total. The van der Waals surface area contributed by atoms with Gasteiger partial charge in [-0.05, 0) is 52.5 Å². The molecular weight excluding hydrogens is 336 g/mol. The number of carbonyl (C=O) groups is 1. The van der Waals surface area contributed by atoms with Crippen LogP contribution in [0.2, 0.25) is 0 Å². The number of amides is 1. The number of nitrogens with zero attached hydrogens (tertiary/aromatic N) is 2. The Morgan fingerprint density at radius 2 is 1.93 bits per heavy atom. The van der Waals surface area contributed by atoms with Crippen LogP contribution in [-0.4, -0.2) is 21.7 Å². The quantitative estimate of drug-likeness (QED) is 0.812. The largest absolute Gasteiger partial charge is 0.367 e. The zero-order chi connectivity index (χ0) is 19.8. The number of fused-ring (bicyclic) bond motifs is 1. The van der Waals surface area contributed by atoms with E-state index in [9.17, 15) is 4.79 Å². The molecule has 3 rings (SSSR count). The maximum atomic E-state index is 13.4. The van der Waals surface area contributed by atoms with Crippen LogP contribution in [0.25, 0.3) is 0 Å². The highest BCUT2D eigenvalue weighted by molar-refractivity contribution is 6.00. The summed E-state index contributed by atoms with van der Waals surface area (Å²) in [5.74, 6) is 0.779. The number of anilines is 1. The van der Waals surface area contributed by atoms with Gasteiger partial charge in [0.25, 0.3) is 5.91 Å². The third-order valence-corrected chi connectivity index (χ3v) is 5.94. The van der Waals surface area contributed by atoms with Gasteiger partial charge >= 0.3 is 0 Å². The van der Waals surface area contributed by atoms with Gasteiger partial charge in [0.1, 0.15) is 11.4 Å². The van der Waals surface area contributed by atoms with E-state index >= 15 is 0 Å². The Balaban J connectivity index is 2.01. The SMILES string of the molecule is CCC(CC)(NC(=O)c1c(C)nn2c1N[C@@H](C)CC2(C)C)c1ccccc1. The molecule has 27 heavy (non-hydrogen) atoms. The molecular formula is C22H32N4O. The molecule has 146 valence electrons. The Morgan fingerprint density at radius 1 is 1.30 bits per heavy atom. The van der Waals surface area contributed by atoms with E-state index in [-0.39, 0.29) is 17.0 Å². The first-order valence-electron chi connectivity index (χ1n) is 9.98. The molecule has 1 aromatic heterocycles. The molecule has 5 nitrogen and oxygen atoms in total. The van der Waals surface area contributed by atoms with Gasteiger partial charge in [-0.2, -0.15) is 5.10 Å². The zero-order valence-electron chi connectivity index (χ0n) is 17.4. The fraction of sp³-hybridized carbons (Fsp3) is 0.545. The van der Waals surface area contributed by atoms with Gasteiger partial charge in [-0.3, -0.25) is 4.79 Å². The molecule has 2 heterocycles. The Bertz CT molecular complexity index is 818. The minimum Gasteiger partial charge on any atom is -0.367 e. The number of aryl methyl sites for hydroxylation is 1. The van der Waals surface area contributed by atoms with Crippen LogP contribution in [0.15, 0.2) is 30.3 Å². The number of hydrogen-bond donors (Lipinski definition) is 2.